The van der Waals surface area contributed by atoms with Gasteiger partial charge in [-0.2, -0.15) is 0 Å². The average Bonchev–Trinajstić information content (AvgIpc) is 2.93. The van der Waals surface area contributed by atoms with Crippen LogP contribution in [0, 0.1) is 28.6 Å². The first-order valence-electron chi connectivity index (χ1n) is 7.92. The lowest BCUT2D eigenvalue weighted by Gasteiger charge is -2.42. The molecule has 0 aromatic heterocycles. The Labute approximate surface area is 126 Å². The molecular formula is C17H26O4. The quantitative estimate of drug-likeness (QED) is 0.735. The Kier molecular flexibility index (Phi) is 2.84. The first-order chi connectivity index (χ1) is 9.48. The molecule has 21 heavy (non-hydrogen) atoms. The molecule has 4 heteroatoms. The van der Waals surface area contributed by atoms with Crippen LogP contribution in [0.1, 0.15) is 54.4 Å². The van der Waals surface area contributed by atoms with Crippen LogP contribution in [0.25, 0.3) is 0 Å². The molecule has 5 atom stereocenters. The van der Waals surface area contributed by atoms with Crippen LogP contribution in [-0.2, 0) is 19.1 Å². The Bertz CT molecular complexity index is 501. The van der Waals surface area contributed by atoms with Gasteiger partial charge in [-0.15, -0.1) is 0 Å². The van der Waals surface area contributed by atoms with E-state index >= 15 is 0 Å². The second kappa shape index (κ2) is 4.02. The molecule has 2 saturated carbocycles. The van der Waals surface area contributed by atoms with Gasteiger partial charge in [0.2, 0.25) is 0 Å². The third-order valence-electron chi connectivity index (χ3n) is 6.62. The number of hydrogen-bond donors (Lipinski definition) is 0. The number of ether oxygens (including phenoxy) is 2. The topological polar surface area (TPSA) is 52.6 Å². The molecule has 3 aliphatic rings. The van der Waals surface area contributed by atoms with Gasteiger partial charge in [-0.1, -0.05) is 20.8 Å². The average molecular weight is 294 g/mol. The van der Waals surface area contributed by atoms with E-state index in [1.54, 1.807) is 0 Å². The van der Waals surface area contributed by atoms with Crippen LogP contribution in [0.2, 0.25) is 0 Å². The van der Waals surface area contributed by atoms with Crippen molar-refractivity contribution in [2.45, 2.75) is 66.1 Å². The Morgan fingerprint density at radius 3 is 2.43 bits per heavy atom. The van der Waals surface area contributed by atoms with E-state index in [1.165, 1.54) is 0 Å². The van der Waals surface area contributed by atoms with E-state index in [0.717, 1.165) is 12.8 Å². The standard InChI is InChI=1S/C17H26O4/c1-15(2,3)16(4,5)14(19)21-17(6)9-7-10-11(8-9)13(18)20-12(10)17/h9-12H,7-8H2,1-6H3. The summed E-state index contributed by atoms with van der Waals surface area (Å²) < 4.78 is 11.5. The predicted molar refractivity (Wildman–Crippen MR) is 77.3 cm³/mol. The monoisotopic (exact) mass is 294 g/mol. The lowest BCUT2D eigenvalue weighted by atomic mass is 9.69. The van der Waals surface area contributed by atoms with E-state index in [9.17, 15) is 9.59 Å². The van der Waals surface area contributed by atoms with Crippen LogP contribution in [-0.4, -0.2) is 23.6 Å². The molecule has 1 heterocycles. The first-order valence-corrected chi connectivity index (χ1v) is 7.92. The van der Waals surface area contributed by atoms with Crippen LogP contribution >= 0.6 is 0 Å². The van der Waals surface area contributed by atoms with Gasteiger partial charge in [0, 0.05) is 11.8 Å². The summed E-state index contributed by atoms with van der Waals surface area (Å²) in [5.74, 6) is 0.260. The highest BCUT2D eigenvalue weighted by molar-refractivity contribution is 5.79. The van der Waals surface area contributed by atoms with E-state index in [0.29, 0.717) is 0 Å². The minimum absolute atomic E-state index is 0.0439. The number of fused-ring (bicyclic) bond motifs is 1. The molecule has 2 aliphatic carbocycles. The molecule has 2 bridgehead atoms. The molecule has 0 aromatic carbocycles. The van der Waals surface area contributed by atoms with Gasteiger partial charge in [0.15, 0.2) is 0 Å². The zero-order valence-corrected chi connectivity index (χ0v) is 13.9. The largest absolute Gasteiger partial charge is 0.458 e. The third kappa shape index (κ3) is 1.80. The number of rotatable bonds is 2. The van der Waals surface area contributed by atoms with Crippen LogP contribution in [0.3, 0.4) is 0 Å². The Hall–Kier alpha value is -1.06. The summed E-state index contributed by atoms with van der Waals surface area (Å²) in [7, 11) is 0. The van der Waals surface area contributed by atoms with E-state index in [2.05, 4.69) is 0 Å². The normalized spacial score (nSPS) is 41.3. The molecule has 4 nitrogen and oxygen atoms in total. The highest BCUT2D eigenvalue weighted by Gasteiger charge is 2.69. The van der Waals surface area contributed by atoms with E-state index in [-0.39, 0.29) is 41.2 Å². The molecule has 1 aliphatic heterocycles. The van der Waals surface area contributed by atoms with Crippen molar-refractivity contribution >= 4 is 11.9 Å². The smallest absolute Gasteiger partial charge is 0.312 e. The van der Waals surface area contributed by atoms with Crippen molar-refractivity contribution in [3.8, 4) is 0 Å². The van der Waals surface area contributed by atoms with Crippen molar-refractivity contribution in [3.05, 3.63) is 0 Å². The molecule has 5 unspecified atom stereocenters. The van der Waals surface area contributed by atoms with Gasteiger partial charge >= 0.3 is 11.9 Å². The molecule has 0 N–H and O–H groups in total. The second-order valence-corrected chi connectivity index (χ2v) is 8.74. The van der Waals surface area contributed by atoms with Gasteiger partial charge in [-0.05, 0) is 39.0 Å². The number of esters is 2. The summed E-state index contributed by atoms with van der Waals surface area (Å²) >= 11 is 0. The number of carbonyl (C=O) groups is 2. The van der Waals surface area contributed by atoms with Crippen LogP contribution in [0.4, 0.5) is 0 Å². The fraction of sp³-hybridized carbons (Fsp3) is 0.882. The molecule has 1 saturated heterocycles. The Morgan fingerprint density at radius 2 is 1.86 bits per heavy atom. The van der Waals surface area contributed by atoms with Crippen molar-refractivity contribution in [1.82, 2.24) is 0 Å². The lowest BCUT2D eigenvalue weighted by Crippen LogP contribution is -2.51. The van der Waals surface area contributed by atoms with E-state index < -0.39 is 11.0 Å². The van der Waals surface area contributed by atoms with Crippen LogP contribution in [0.15, 0.2) is 0 Å². The Balaban J connectivity index is 1.83. The van der Waals surface area contributed by atoms with Gasteiger partial charge in [0.05, 0.1) is 11.3 Å². The summed E-state index contributed by atoms with van der Waals surface area (Å²) in [6.07, 6.45) is 1.51. The summed E-state index contributed by atoms with van der Waals surface area (Å²) in [6, 6.07) is 0. The third-order valence-corrected chi connectivity index (χ3v) is 6.62. The summed E-state index contributed by atoms with van der Waals surface area (Å²) in [4.78, 5) is 24.6. The number of hydrogen-bond acceptors (Lipinski definition) is 4. The van der Waals surface area contributed by atoms with Crippen molar-refractivity contribution in [2.24, 2.45) is 28.6 Å². The highest BCUT2D eigenvalue weighted by Crippen LogP contribution is 2.60. The zero-order chi connectivity index (χ0) is 15.8. The van der Waals surface area contributed by atoms with Crippen LogP contribution in [0.5, 0.6) is 0 Å². The van der Waals surface area contributed by atoms with Gasteiger partial charge in [0.25, 0.3) is 0 Å². The second-order valence-electron chi connectivity index (χ2n) is 8.74. The molecule has 0 aromatic rings. The number of carbonyl (C=O) groups excluding carboxylic acids is 2. The van der Waals surface area contributed by atoms with Gasteiger partial charge < -0.3 is 9.47 Å². The summed E-state index contributed by atoms with van der Waals surface area (Å²) in [5.41, 5.74) is -1.42. The SMILES string of the molecule is CC1(OC(=O)C(C)(C)C(C)(C)C)C2CC3C(=O)OC1C3C2. The summed E-state index contributed by atoms with van der Waals surface area (Å²) in [5, 5.41) is 0. The van der Waals surface area contributed by atoms with Crippen LogP contribution < -0.4 is 0 Å². The minimum Gasteiger partial charge on any atom is -0.458 e. The molecular weight excluding hydrogens is 268 g/mol. The van der Waals surface area contributed by atoms with Crippen molar-refractivity contribution in [3.63, 3.8) is 0 Å². The highest BCUT2D eigenvalue weighted by atomic mass is 16.6. The zero-order valence-electron chi connectivity index (χ0n) is 13.9. The molecule has 0 radical (unpaired) electrons. The lowest BCUT2D eigenvalue weighted by molar-refractivity contribution is -0.193. The van der Waals surface area contributed by atoms with E-state index in [1.807, 2.05) is 41.5 Å². The van der Waals surface area contributed by atoms with Gasteiger partial charge in [-0.3, -0.25) is 9.59 Å². The minimum atomic E-state index is -0.646. The van der Waals surface area contributed by atoms with Crippen molar-refractivity contribution in [1.29, 1.82) is 0 Å². The van der Waals surface area contributed by atoms with Gasteiger partial charge in [-0.25, -0.2) is 0 Å². The fourth-order valence-electron chi connectivity index (χ4n) is 3.99. The molecule has 0 spiro atoms. The van der Waals surface area contributed by atoms with Crippen molar-refractivity contribution < 1.29 is 19.1 Å². The maximum atomic E-state index is 12.7. The van der Waals surface area contributed by atoms with E-state index in [4.69, 9.17) is 9.47 Å². The first kappa shape index (κ1) is 14.9. The van der Waals surface area contributed by atoms with Gasteiger partial charge in [0.1, 0.15) is 11.7 Å². The summed E-state index contributed by atoms with van der Waals surface area (Å²) in [6.45, 7) is 11.9. The van der Waals surface area contributed by atoms with Crippen molar-refractivity contribution in [2.75, 3.05) is 0 Å². The Morgan fingerprint density at radius 1 is 1.24 bits per heavy atom. The molecule has 118 valence electrons. The molecule has 0 amide bonds. The maximum Gasteiger partial charge on any atom is 0.312 e. The fourth-order valence-corrected chi connectivity index (χ4v) is 3.99. The molecule has 3 rings (SSSR count). The predicted octanol–water partition coefficient (Wildman–Crippen LogP) is 2.94. The maximum absolute atomic E-state index is 12.7. The molecule has 3 fully saturated rings.